The summed E-state index contributed by atoms with van der Waals surface area (Å²) < 4.78 is 0. The third kappa shape index (κ3) is 4.83. The van der Waals surface area contributed by atoms with Crippen LogP contribution in [0.4, 0.5) is 0 Å². The molecule has 0 saturated carbocycles. The Morgan fingerprint density at radius 1 is 1.19 bits per heavy atom. The number of fused-ring (bicyclic) bond motifs is 1. The van der Waals surface area contributed by atoms with E-state index < -0.39 is 5.91 Å². The Morgan fingerprint density at radius 2 is 2.00 bits per heavy atom. The fourth-order valence-electron chi connectivity index (χ4n) is 3.01. The summed E-state index contributed by atoms with van der Waals surface area (Å²) in [5.74, 6) is -0.380. The van der Waals surface area contributed by atoms with Gasteiger partial charge in [-0.15, -0.1) is 12.4 Å². The number of rotatable bonds is 5. The van der Waals surface area contributed by atoms with Crippen LogP contribution in [0.25, 0.3) is 10.9 Å². The van der Waals surface area contributed by atoms with E-state index in [0.29, 0.717) is 23.4 Å². The molecule has 8 heteroatoms. The number of hydrogen-bond donors (Lipinski definition) is 4. The predicted octanol–water partition coefficient (Wildman–Crippen LogP) is 0.795. The number of nitrogens with one attached hydrogen (secondary N) is 4. The molecule has 0 bridgehead atoms. The molecule has 0 radical (unpaired) electrons. The molecule has 3 rings (SSSR count). The van der Waals surface area contributed by atoms with E-state index in [9.17, 15) is 14.4 Å². The van der Waals surface area contributed by atoms with E-state index in [1.54, 1.807) is 18.2 Å². The molecule has 0 spiro atoms. The lowest BCUT2D eigenvalue weighted by Crippen LogP contribution is -2.42. The quantitative estimate of drug-likeness (QED) is 0.617. The summed E-state index contributed by atoms with van der Waals surface area (Å²) in [4.78, 5) is 39.4. The number of aromatic nitrogens is 1. The molecular formula is C18H23ClN4O3. The molecule has 1 unspecified atom stereocenters. The Kier molecular flexibility index (Phi) is 7.17. The van der Waals surface area contributed by atoms with Gasteiger partial charge in [-0.05, 0) is 44.0 Å². The molecule has 0 aliphatic carbocycles. The normalized spacial score (nSPS) is 16.5. The Morgan fingerprint density at radius 3 is 2.77 bits per heavy atom. The second kappa shape index (κ2) is 9.35. The Balaban J connectivity index is 0.00000243. The number of piperidine rings is 1. The topological polar surface area (TPSA) is 103 Å². The minimum absolute atomic E-state index is 0. The van der Waals surface area contributed by atoms with Gasteiger partial charge in [-0.25, -0.2) is 0 Å². The average molecular weight is 379 g/mol. The van der Waals surface area contributed by atoms with Crippen LogP contribution < -0.4 is 21.4 Å². The Bertz CT molecular complexity index is 831. The van der Waals surface area contributed by atoms with E-state index in [-0.39, 0.29) is 35.9 Å². The van der Waals surface area contributed by atoms with E-state index in [1.165, 1.54) is 6.20 Å². The van der Waals surface area contributed by atoms with Crippen molar-refractivity contribution in [2.24, 2.45) is 5.92 Å². The summed E-state index contributed by atoms with van der Waals surface area (Å²) in [6, 6.07) is 6.98. The summed E-state index contributed by atoms with van der Waals surface area (Å²) in [6.45, 7) is 2.38. The van der Waals surface area contributed by atoms with Gasteiger partial charge in [0, 0.05) is 23.6 Å². The third-order valence-electron chi connectivity index (χ3n) is 4.43. The molecule has 1 fully saturated rings. The second-order valence-corrected chi connectivity index (χ2v) is 6.28. The summed E-state index contributed by atoms with van der Waals surface area (Å²) in [7, 11) is 0. The number of pyridine rings is 1. The number of benzene rings is 1. The SMILES string of the molecule is Cl.O=C(CNC(=O)c1c[nH]c2ccccc2c1=O)NCC1CCCNC1. The van der Waals surface area contributed by atoms with Crippen LogP contribution in [0.15, 0.2) is 35.3 Å². The molecule has 2 aromatic rings. The lowest BCUT2D eigenvalue weighted by molar-refractivity contribution is -0.120. The molecule has 1 aromatic carbocycles. The fourth-order valence-corrected chi connectivity index (χ4v) is 3.01. The van der Waals surface area contributed by atoms with Crippen molar-refractivity contribution in [3.63, 3.8) is 0 Å². The molecule has 1 aromatic heterocycles. The minimum atomic E-state index is -0.554. The van der Waals surface area contributed by atoms with E-state index in [2.05, 4.69) is 20.9 Å². The van der Waals surface area contributed by atoms with Crippen LogP contribution in [0.3, 0.4) is 0 Å². The highest BCUT2D eigenvalue weighted by Crippen LogP contribution is 2.08. The van der Waals surface area contributed by atoms with E-state index in [1.807, 2.05) is 6.07 Å². The maximum absolute atomic E-state index is 12.4. The van der Waals surface area contributed by atoms with Gasteiger partial charge in [0.2, 0.25) is 11.3 Å². The van der Waals surface area contributed by atoms with Gasteiger partial charge < -0.3 is 20.9 Å². The van der Waals surface area contributed by atoms with Gasteiger partial charge in [-0.3, -0.25) is 14.4 Å². The zero-order valence-corrected chi connectivity index (χ0v) is 15.2. The standard InChI is InChI=1S/C18H22N4O3.ClH/c23-16(21-9-12-4-3-7-19-8-12)11-22-18(25)14-10-20-15-6-2-1-5-13(15)17(14)24;/h1-2,5-6,10,12,19H,3-4,7-9,11H2,(H,20,24)(H,21,23)(H,22,25);1H. The highest BCUT2D eigenvalue weighted by Gasteiger charge is 2.16. The summed E-state index contributed by atoms with van der Waals surface area (Å²) >= 11 is 0. The van der Waals surface area contributed by atoms with Crippen molar-refractivity contribution in [2.45, 2.75) is 12.8 Å². The predicted molar refractivity (Wildman–Crippen MR) is 103 cm³/mol. The second-order valence-electron chi connectivity index (χ2n) is 6.28. The first-order chi connectivity index (χ1) is 12.1. The zero-order chi connectivity index (χ0) is 17.6. The molecule has 140 valence electrons. The molecular weight excluding hydrogens is 356 g/mol. The van der Waals surface area contributed by atoms with Crippen LogP contribution in [-0.4, -0.2) is 43.0 Å². The molecule has 7 nitrogen and oxygen atoms in total. The van der Waals surface area contributed by atoms with Gasteiger partial charge in [-0.1, -0.05) is 12.1 Å². The molecule has 2 amide bonds. The summed E-state index contributed by atoms with van der Waals surface area (Å²) in [5, 5.41) is 9.07. The minimum Gasteiger partial charge on any atom is -0.360 e. The Labute approximate surface area is 157 Å². The van der Waals surface area contributed by atoms with Crippen molar-refractivity contribution >= 4 is 35.1 Å². The van der Waals surface area contributed by atoms with Crippen molar-refractivity contribution in [1.29, 1.82) is 0 Å². The number of amides is 2. The average Bonchev–Trinajstić information content (AvgIpc) is 2.66. The largest absolute Gasteiger partial charge is 0.360 e. The summed E-state index contributed by atoms with van der Waals surface area (Å²) in [6.07, 6.45) is 3.58. The third-order valence-corrected chi connectivity index (χ3v) is 4.43. The van der Waals surface area contributed by atoms with Crippen LogP contribution in [0.5, 0.6) is 0 Å². The van der Waals surface area contributed by atoms with Gasteiger partial charge in [0.15, 0.2) is 0 Å². The van der Waals surface area contributed by atoms with Gasteiger partial charge in [0.05, 0.1) is 6.54 Å². The highest BCUT2D eigenvalue weighted by molar-refractivity contribution is 5.98. The van der Waals surface area contributed by atoms with Crippen LogP contribution in [0.1, 0.15) is 23.2 Å². The van der Waals surface area contributed by atoms with Crippen LogP contribution in [0, 0.1) is 5.92 Å². The molecule has 2 heterocycles. The number of carbonyl (C=O) groups is 2. The smallest absolute Gasteiger partial charge is 0.257 e. The van der Waals surface area contributed by atoms with Crippen molar-refractivity contribution < 1.29 is 9.59 Å². The van der Waals surface area contributed by atoms with Crippen LogP contribution in [-0.2, 0) is 4.79 Å². The van der Waals surface area contributed by atoms with Gasteiger partial charge in [0.25, 0.3) is 5.91 Å². The van der Waals surface area contributed by atoms with Crippen molar-refractivity contribution in [1.82, 2.24) is 20.9 Å². The monoisotopic (exact) mass is 378 g/mol. The lowest BCUT2D eigenvalue weighted by Gasteiger charge is -2.22. The van der Waals surface area contributed by atoms with E-state index >= 15 is 0 Å². The van der Waals surface area contributed by atoms with E-state index in [0.717, 1.165) is 25.9 Å². The van der Waals surface area contributed by atoms with Crippen molar-refractivity contribution in [2.75, 3.05) is 26.2 Å². The molecule has 1 saturated heterocycles. The maximum Gasteiger partial charge on any atom is 0.257 e. The number of carbonyl (C=O) groups excluding carboxylic acids is 2. The number of hydrogen-bond acceptors (Lipinski definition) is 4. The molecule has 1 aliphatic heterocycles. The van der Waals surface area contributed by atoms with Gasteiger partial charge in [0.1, 0.15) is 5.56 Å². The van der Waals surface area contributed by atoms with Crippen molar-refractivity contribution in [3.8, 4) is 0 Å². The summed E-state index contributed by atoms with van der Waals surface area (Å²) in [5.41, 5.74) is 0.325. The first kappa shape index (κ1) is 19.9. The van der Waals surface area contributed by atoms with Crippen molar-refractivity contribution in [3.05, 3.63) is 46.2 Å². The lowest BCUT2D eigenvalue weighted by atomic mass is 10.00. The number of para-hydroxylation sites is 1. The first-order valence-corrected chi connectivity index (χ1v) is 8.51. The zero-order valence-electron chi connectivity index (χ0n) is 14.3. The van der Waals surface area contributed by atoms with Gasteiger partial charge in [-0.2, -0.15) is 0 Å². The molecule has 4 N–H and O–H groups in total. The highest BCUT2D eigenvalue weighted by atomic mass is 35.5. The van der Waals surface area contributed by atoms with E-state index in [4.69, 9.17) is 0 Å². The Hall–Kier alpha value is -2.38. The maximum atomic E-state index is 12.4. The number of halogens is 1. The van der Waals surface area contributed by atoms with Crippen LogP contribution >= 0.6 is 12.4 Å². The molecule has 1 atom stereocenters. The molecule has 1 aliphatic rings. The fraction of sp³-hybridized carbons (Fsp3) is 0.389. The molecule has 26 heavy (non-hydrogen) atoms. The van der Waals surface area contributed by atoms with Gasteiger partial charge >= 0.3 is 0 Å². The number of aromatic amines is 1. The van der Waals surface area contributed by atoms with Crippen LogP contribution in [0.2, 0.25) is 0 Å². The first-order valence-electron chi connectivity index (χ1n) is 8.51. The number of H-pyrrole nitrogens is 1.